The molecule has 2 aromatic carbocycles. The minimum atomic E-state index is -3.59. The Morgan fingerprint density at radius 2 is 1.96 bits per heavy atom. The van der Waals surface area contributed by atoms with Crippen LogP contribution in [0.4, 0.5) is 5.69 Å². The first kappa shape index (κ1) is 17.0. The molecule has 132 valence electrons. The summed E-state index contributed by atoms with van der Waals surface area (Å²) in [6.45, 7) is 0.437. The third kappa shape index (κ3) is 2.79. The van der Waals surface area contributed by atoms with Gasteiger partial charge < -0.3 is 10.4 Å². The Morgan fingerprint density at radius 3 is 2.68 bits per heavy atom. The molecular weight excluding hydrogens is 404 g/mol. The maximum absolute atomic E-state index is 13.2. The average molecular weight is 423 g/mol. The molecule has 0 saturated carbocycles. The molecule has 0 aromatic heterocycles. The van der Waals surface area contributed by atoms with Crippen molar-refractivity contribution in [2.45, 2.75) is 23.4 Å². The lowest BCUT2D eigenvalue weighted by Gasteiger charge is -2.38. The van der Waals surface area contributed by atoms with Crippen molar-refractivity contribution in [1.29, 1.82) is 0 Å². The molecule has 2 aromatic rings. The number of nitrogens with zero attached hydrogens (tertiary/aromatic N) is 1. The molecule has 7 heteroatoms. The van der Waals surface area contributed by atoms with Crippen LogP contribution in [0.5, 0.6) is 0 Å². The van der Waals surface area contributed by atoms with E-state index in [2.05, 4.69) is 21.2 Å². The van der Waals surface area contributed by atoms with Gasteiger partial charge in [-0.05, 0) is 42.3 Å². The van der Waals surface area contributed by atoms with Crippen molar-refractivity contribution in [2.75, 3.05) is 18.5 Å². The first-order chi connectivity index (χ1) is 12.0. The molecule has 3 atom stereocenters. The van der Waals surface area contributed by atoms with Gasteiger partial charge in [0.15, 0.2) is 0 Å². The average Bonchev–Trinajstić information content (AvgIpc) is 3.08. The molecule has 4 rings (SSSR count). The quantitative estimate of drug-likeness (QED) is 0.797. The number of anilines is 1. The van der Waals surface area contributed by atoms with Gasteiger partial charge in [-0.25, -0.2) is 8.42 Å². The molecule has 0 radical (unpaired) electrons. The van der Waals surface area contributed by atoms with E-state index in [1.807, 2.05) is 24.3 Å². The Hall–Kier alpha value is -1.41. The van der Waals surface area contributed by atoms with Gasteiger partial charge in [0.25, 0.3) is 0 Å². The second-order valence-corrected chi connectivity index (χ2v) is 9.30. The van der Waals surface area contributed by atoms with Crippen molar-refractivity contribution in [3.8, 4) is 0 Å². The van der Waals surface area contributed by atoms with Crippen LogP contribution in [0.3, 0.4) is 0 Å². The molecule has 5 nitrogen and oxygen atoms in total. The molecule has 2 aliphatic rings. The fraction of sp³-hybridized carbons (Fsp3) is 0.333. The largest absolute Gasteiger partial charge is 0.394 e. The number of halogens is 1. The number of rotatable bonds is 3. The Labute approximate surface area is 155 Å². The van der Waals surface area contributed by atoms with Crippen molar-refractivity contribution in [1.82, 2.24) is 4.31 Å². The standard InChI is InChI=1S/C18H19BrN2O3S/c19-12-6-7-16-15(10-12)18-14(17(11-22)20-16)8-9-21(18)25(23,24)13-4-2-1-3-5-13/h1-7,10,14,17-18,20,22H,8-9,11H2/t14-,17-,18-/m0/s1. The van der Waals surface area contributed by atoms with Crippen molar-refractivity contribution in [2.24, 2.45) is 5.92 Å². The van der Waals surface area contributed by atoms with E-state index < -0.39 is 10.0 Å². The molecule has 25 heavy (non-hydrogen) atoms. The first-order valence-corrected chi connectivity index (χ1v) is 10.5. The third-order valence-electron chi connectivity index (χ3n) is 5.14. The topological polar surface area (TPSA) is 69.6 Å². The lowest BCUT2D eigenvalue weighted by Crippen LogP contribution is -2.42. The summed E-state index contributed by atoms with van der Waals surface area (Å²) in [6, 6.07) is 14.0. The van der Waals surface area contributed by atoms with Crippen LogP contribution < -0.4 is 5.32 Å². The van der Waals surface area contributed by atoms with Crippen LogP contribution in [0.1, 0.15) is 18.0 Å². The summed E-state index contributed by atoms with van der Waals surface area (Å²) in [5.74, 6) is 0.0466. The van der Waals surface area contributed by atoms with E-state index in [0.717, 1.165) is 22.1 Å². The highest BCUT2D eigenvalue weighted by molar-refractivity contribution is 9.10. The number of aliphatic hydroxyl groups excluding tert-OH is 1. The molecule has 1 fully saturated rings. The number of benzene rings is 2. The zero-order chi connectivity index (χ0) is 17.6. The van der Waals surface area contributed by atoms with E-state index in [1.54, 1.807) is 28.6 Å². The van der Waals surface area contributed by atoms with E-state index in [0.29, 0.717) is 11.4 Å². The number of nitrogens with one attached hydrogen (secondary N) is 1. The summed E-state index contributed by atoms with van der Waals surface area (Å²) in [5, 5.41) is 13.1. The van der Waals surface area contributed by atoms with Gasteiger partial charge in [0.05, 0.1) is 23.6 Å². The highest BCUT2D eigenvalue weighted by Gasteiger charge is 2.48. The first-order valence-electron chi connectivity index (χ1n) is 8.26. The molecule has 2 heterocycles. The number of hydrogen-bond acceptors (Lipinski definition) is 4. The van der Waals surface area contributed by atoms with Gasteiger partial charge in [0, 0.05) is 22.6 Å². The van der Waals surface area contributed by atoms with Crippen LogP contribution in [-0.4, -0.2) is 37.0 Å². The summed E-state index contributed by atoms with van der Waals surface area (Å²) in [5.41, 5.74) is 1.85. The minimum absolute atomic E-state index is 0.0180. The summed E-state index contributed by atoms with van der Waals surface area (Å²) in [6.07, 6.45) is 0.723. The van der Waals surface area contributed by atoms with Crippen molar-refractivity contribution in [3.05, 3.63) is 58.6 Å². The maximum atomic E-state index is 13.2. The number of hydrogen-bond donors (Lipinski definition) is 2. The normalized spacial score (nSPS) is 25.9. The molecular formula is C18H19BrN2O3S. The van der Waals surface area contributed by atoms with E-state index in [-0.39, 0.29) is 24.6 Å². The van der Waals surface area contributed by atoms with Gasteiger partial charge in [-0.15, -0.1) is 0 Å². The Morgan fingerprint density at radius 1 is 1.20 bits per heavy atom. The number of fused-ring (bicyclic) bond motifs is 3. The van der Waals surface area contributed by atoms with Crippen LogP contribution in [0.25, 0.3) is 0 Å². The van der Waals surface area contributed by atoms with Gasteiger partial charge >= 0.3 is 0 Å². The molecule has 2 N–H and O–H groups in total. The second kappa shape index (κ2) is 6.39. The maximum Gasteiger partial charge on any atom is 0.243 e. The van der Waals surface area contributed by atoms with E-state index in [4.69, 9.17) is 0 Å². The predicted octanol–water partition coefficient (Wildman–Crippen LogP) is 2.99. The molecule has 2 aliphatic heterocycles. The lowest BCUT2D eigenvalue weighted by atomic mass is 9.84. The molecule has 0 bridgehead atoms. The smallest absolute Gasteiger partial charge is 0.243 e. The van der Waals surface area contributed by atoms with Gasteiger partial charge in [-0.2, -0.15) is 4.31 Å². The van der Waals surface area contributed by atoms with Gasteiger partial charge in [0.2, 0.25) is 10.0 Å². The lowest BCUT2D eigenvalue weighted by molar-refractivity contribution is 0.210. The van der Waals surface area contributed by atoms with Gasteiger partial charge in [-0.3, -0.25) is 0 Å². The zero-order valence-electron chi connectivity index (χ0n) is 13.5. The summed E-state index contributed by atoms with van der Waals surface area (Å²) in [4.78, 5) is 0.311. The monoisotopic (exact) mass is 422 g/mol. The predicted molar refractivity (Wildman–Crippen MR) is 99.8 cm³/mol. The van der Waals surface area contributed by atoms with Gasteiger partial charge in [-0.1, -0.05) is 34.1 Å². The van der Waals surface area contributed by atoms with Crippen LogP contribution in [0, 0.1) is 5.92 Å². The van der Waals surface area contributed by atoms with Crippen LogP contribution in [-0.2, 0) is 10.0 Å². The second-order valence-electron chi connectivity index (χ2n) is 6.49. The molecule has 0 unspecified atom stereocenters. The molecule has 0 spiro atoms. The van der Waals surface area contributed by atoms with Crippen LogP contribution >= 0.6 is 15.9 Å². The summed E-state index contributed by atoms with van der Waals surface area (Å²) in [7, 11) is -3.59. The van der Waals surface area contributed by atoms with Crippen molar-refractivity contribution >= 4 is 31.6 Å². The molecule has 1 saturated heterocycles. The fourth-order valence-electron chi connectivity index (χ4n) is 3.99. The van der Waals surface area contributed by atoms with Gasteiger partial charge in [0.1, 0.15) is 0 Å². The highest BCUT2D eigenvalue weighted by Crippen LogP contribution is 2.48. The Balaban J connectivity index is 1.82. The van der Waals surface area contributed by atoms with Crippen molar-refractivity contribution in [3.63, 3.8) is 0 Å². The highest BCUT2D eigenvalue weighted by atomic mass is 79.9. The summed E-state index contributed by atoms with van der Waals surface area (Å²) >= 11 is 3.49. The SMILES string of the molecule is O=S(=O)(c1ccccc1)N1CC[C@H]2[C@H](CO)Nc3ccc(Br)cc3[C@H]21. The van der Waals surface area contributed by atoms with E-state index in [9.17, 15) is 13.5 Å². The molecule has 0 aliphatic carbocycles. The molecule has 0 amide bonds. The third-order valence-corrected chi connectivity index (χ3v) is 7.52. The fourth-order valence-corrected chi connectivity index (χ4v) is 6.05. The van der Waals surface area contributed by atoms with Crippen molar-refractivity contribution < 1.29 is 13.5 Å². The zero-order valence-corrected chi connectivity index (χ0v) is 15.9. The Bertz CT molecular complexity index is 888. The van der Waals surface area contributed by atoms with E-state index in [1.165, 1.54) is 0 Å². The van der Waals surface area contributed by atoms with Crippen LogP contribution in [0.2, 0.25) is 0 Å². The number of aliphatic hydroxyl groups is 1. The number of sulfonamides is 1. The van der Waals surface area contributed by atoms with Crippen LogP contribution in [0.15, 0.2) is 57.9 Å². The summed E-state index contributed by atoms with van der Waals surface area (Å²) < 4.78 is 28.9. The Kier molecular flexibility index (Phi) is 4.35. The van der Waals surface area contributed by atoms with E-state index >= 15 is 0 Å². The minimum Gasteiger partial charge on any atom is -0.394 e.